The standard InChI is InChI=1S/C19H19N5O2S/c1-12-6-8-13(9-7-12)17-22-19(24-23-17)27-11-16(25)21-15-5-3-4-14(10-15)18(26)20-2/h3-10H,11H2,1-2H3,(H,20,26)(H,21,25)(H,22,23,24). The molecule has 0 bridgehead atoms. The van der Waals surface area contributed by atoms with E-state index in [9.17, 15) is 9.59 Å². The second-order valence-corrected chi connectivity index (χ2v) is 6.77. The van der Waals surface area contributed by atoms with Crippen molar-refractivity contribution in [1.82, 2.24) is 20.5 Å². The third-order valence-electron chi connectivity index (χ3n) is 3.76. The molecule has 0 aliphatic rings. The van der Waals surface area contributed by atoms with E-state index in [1.807, 2.05) is 31.2 Å². The van der Waals surface area contributed by atoms with Crippen molar-refractivity contribution in [2.45, 2.75) is 12.1 Å². The molecular weight excluding hydrogens is 362 g/mol. The summed E-state index contributed by atoms with van der Waals surface area (Å²) in [7, 11) is 1.56. The zero-order chi connectivity index (χ0) is 19.2. The Balaban J connectivity index is 1.57. The molecule has 0 saturated heterocycles. The van der Waals surface area contributed by atoms with E-state index in [2.05, 4.69) is 25.8 Å². The monoisotopic (exact) mass is 381 g/mol. The molecule has 2 amide bonds. The number of aromatic amines is 1. The number of aryl methyl sites for hydroxylation is 1. The topological polar surface area (TPSA) is 99.8 Å². The van der Waals surface area contributed by atoms with Gasteiger partial charge in [-0.3, -0.25) is 14.7 Å². The summed E-state index contributed by atoms with van der Waals surface area (Å²) in [4.78, 5) is 28.2. The normalized spacial score (nSPS) is 10.4. The lowest BCUT2D eigenvalue weighted by Gasteiger charge is -2.06. The number of hydrogen-bond acceptors (Lipinski definition) is 5. The molecule has 8 heteroatoms. The summed E-state index contributed by atoms with van der Waals surface area (Å²) in [5.74, 6) is 0.423. The number of benzene rings is 2. The number of anilines is 1. The van der Waals surface area contributed by atoms with Crippen LogP contribution in [0.4, 0.5) is 5.69 Å². The molecule has 27 heavy (non-hydrogen) atoms. The Bertz CT molecular complexity index is 953. The van der Waals surface area contributed by atoms with Gasteiger partial charge in [-0.2, -0.15) is 0 Å². The van der Waals surface area contributed by atoms with E-state index in [1.165, 1.54) is 17.3 Å². The average Bonchev–Trinajstić information content (AvgIpc) is 3.15. The van der Waals surface area contributed by atoms with E-state index in [0.717, 1.165) is 5.56 Å². The van der Waals surface area contributed by atoms with Gasteiger partial charge in [0.2, 0.25) is 11.1 Å². The predicted molar refractivity (Wildman–Crippen MR) is 106 cm³/mol. The number of carbonyl (C=O) groups is 2. The molecule has 0 fully saturated rings. The van der Waals surface area contributed by atoms with Crippen LogP contribution in [-0.4, -0.2) is 39.8 Å². The quantitative estimate of drug-likeness (QED) is 0.570. The van der Waals surface area contributed by atoms with Crippen molar-refractivity contribution in [3.63, 3.8) is 0 Å². The van der Waals surface area contributed by atoms with Crippen LogP contribution in [0.2, 0.25) is 0 Å². The zero-order valence-corrected chi connectivity index (χ0v) is 15.8. The number of nitrogens with zero attached hydrogens (tertiary/aromatic N) is 2. The lowest BCUT2D eigenvalue weighted by Crippen LogP contribution is -2.19. The molecule has 138 valence electrons. The summed E-state index contributed by atoms with van der Waals surface area (Å²) in [5.41, 5.74) is 3.16. The van der Waals surface area contributed by atoms with Gasteiger partial charge in [-0.1, -0.05) is 47.7 Å². The third-order valence-corrected chi connectivity index (χ3v) is 4.61. The van der Waals surface area contributed by atoms with Gasteiger partial charge in [0.25, 0.3) is 5.91 Å². The molecular formula is C19H19N5O2S. The van der Waals surface area contributed by atoms with Gasteiger partial charge in [-0.05, 0) is 25.1 Å². The first-order chi connectivity index (χ1) is 13.0. The Morgan fingerprint density at radius 1 is 1.15 bits per heavy atom. The molecule has 0 spiro atoms. The maximum atomic E-state index is 12.2. The Morgan fingerprint density at radius 2 is 1.93 bits per heavy atom. The fourth-order valence-electron chi connectivity index (χ4n) is 2.36. The first-order valence-corrected chi connectivity index (χ1v) is 9.28. The van der Waals surface area contributed by atoms with Crippen LogP contribution in [0.15, 0.2) is 53.7 Å². The molecule has 1 aromatic heterocycles. The highest BCUT2D eigenvalue weighted by Crippen LogP contribution is 2.20. The molecule has 7 nitrogen and oxygen atoms in total. The number of thioether (sulfide) groups is 1. The number of carbonyl (C=O) groups excluding carboxylic acids is 2. The summed E-state index contributed by atoms with van der Waals surface area (Å²) in [5, 5.41) is 12.8. The van der Waals surface area contributed by atoms with E-state index >= 15 is 0 Å². The van der Waals surface area contributed by atoms with Crippen molar-refractivity contribution in [1.29, 1.82) is 0 Å². The fraction of sp³-hybridized carbons (Fsp3) is 0.158. The summed E-state index contributed by atoms with van der Waals surface area (Å²) in [6, 6.07) is 14.7. The van der Waals surface area contributed by atoms with E-state index < -0.39 is 0 Å². The maximum Gasteiger partial charge on any atom is 0.251 e. The summed E-state index contributed by atoms with van der Waals surface area (Å²) < 4.78 is 0. The highest BCUT2D eigenvalue weighted by molar-refractivity contribution is 7.99. The number of nitrogens with one attached hydrogen (secondary N) is 3. The first kappa shape index (κ1) is 18.7. The first-order valence-electron chi connectivity index (χ1n) is 8.29. The van der Waals surface area contributed by atoms with Crippen LogP contribution in [0.1, 0.15) is 15.9 Å². The van der Waals surface area contributed by atoms with Gasteiger partial charge in [0.1, 0.15) is 0 Å². The Kier molecular flexibility index (Phi) is 5.87. The van der Waals surface area contributed by atoms with Crippen LogP contribution in [0.3, 0.4) is 0 Å². The predicted octanol–water partition coefficient (Wildman–Crippen LogP) is 2.87. The molecule has 0 aliphatic carbocycles. The van der Waals surface area contributed by atoms with Crippen LogP contribution >= 0.6 is 11.8 Å². The second-order valence-electron chi connectivity index (χ2n) is 5.83. The summed E-state index contributed by atoms with van der Waals surface area (Å²) >= 11 is 1.24. The third kappa shape index (κ3) is 4.95. The molecule has 3 aromatic rings. The number of aromatic nitrogens is 3. The van der Waals surface area contributed by atoms with Crippen molar-refractivity contribution in [3.8, 4) is 11.4 Å². The van der Waals surface area contributed by atoms with E-state index in [0.29, 0.717) is 22.2 Å². The van der Waals surface area contributed by atoms with Crippen LogP contribution in [0.25, 0.3) is 11.4 Å². The second kappa shape index (κ2) is 8.50. The minimum atomic E-state index is -0.204. The molecule has 2 aromatic carbocycles. The summed E-state index contributed by atoms with van der Waals surface area (Å²) in [6.07, 6.45) is 0. The zero-order valence-electron chi connectivity index (χ0n) is 14.9. The van der Waals surface area contributed by atoms with Crippen LogP contribution < -0.4 is 10.6 Å². The lowest BCUT2D eigenvalue weighted by atomic mass is 10.1. The molecule has 0 unspecified atom stereocenters. The smallest absolute Gasteiger partial charge is 0.251 e. The highest BCUT2D eigenvalue weighted by Gasteiger charge is 2.10. The number of hydrogen-bond donors (Lipinski definition) is 3. The van der Waals surface area contributed by atoms with Crippen LogP contribution in [0.5, 0.6) is 0 Å². The van der Waals surface area contributed by atoms with Gasteiger partial charge >= 0.3 is 0 Å². The molecule has 0 saturated carbocycles. The minimum absolute atomic E-state index is 0.162. The Hall–Kier alpha value is -3.13. The number of H-pyrrole nitrogens is 1. The van der Waals surface area contributed by atoms with Crippen molar-refractivity contribution in [2.24, 2.45) is 0 Å². The highest BCUT2D eigenvalue weighted by atomic mass is 32.2. The Labute approximate surface area is 161 Å². The van der Waals surface area contributed by atoms with Gasteiger partial charge < -0.3 is 10.6 Å². The molecule has 0 radical (unpaired) electrons. The average molecular weight is 381 g/mol. The van der Waals surface area contributed by atoms with Crippen molar-refractivity contribution >= 4 is 29.3 Å². The van der Waals surface area contributed by atoms with Gasteiger partial charge in [0.05, 0.1) is 5.75 Å². The minimum Gasteiger partial charge on any atom is -0.355 e. The molecule has 1 heterocycles. The molecule has 0 atom stereocenters. The number of amides is 2. The van der Waals surface area contributed by atoms with Gasteiger partial charge in [-0.15, -0.1) is 5.10 Å². The van der Waals surface area contributed by atoms with Crippen molar-refractivity contribution in [3.05, 3.63) is 59.7 Å². The lowest BCUT2D eigenvalue weighted by molar-refractivity contribution is -0.113. The molecule has 0 aliphatic heterocycles. The molecule has 3 rings (SSSR count). The van der Waals surface area contributed by atoms with Gasteiger partial charge in [0, 0.05) is 23.9 Å². The van der Waals surface area contributed by atoms with E-state index in [4.69, 9.17) is 0 Å². The summed E-state index contributed by atoms with van der Waals surface area (Å²) in [6.45, 7) is 2.02. The number of rotatable bonds is 6. The largest absolute Gasteiger partial charge is 0.355 e. The van der Waals surface area contributed by atoms with E-state index in [-0.39, 0.29) is 17.6 Å². The van der Waals surface area contributed by atoms with E-state index in [1.54, 1.807) is 31.3 Å². The van der Waals surface area contributed by atoms with Gasteiger partial charge in [-0.25, -0.2) is 4.98 Å². The van der Waals surface area contributed by atoms with Crippen molar-refractivity contribution < 1.29 is 9.59 Å². The SMILES string of the molecule is CNC(=O)c1cccc(NC(=O)CSc2n[nH]c(-c3ccc(C)cc3)n2)c1. The Morgan fingerprint density at radius 3 is 2.67 bits per heavy atom. The fourth-order valence-corrected chi connectivity index (χ4v) is 2.96. The van der Waals surface area contributed by atoms with Crippen LogP contribution in [0, 0.1) is 6.92 Å². The molecule has 3 N–H and O–H groups in total. The maximum absolute atomic E-state index is 12.2. The van der Waals surface area contributed by atoms with Crippen molar-refractivity contribution in [2.75, 3.05) is 18.1 Å². The van der Waals surface area contributed by atoms with Crippen LogP contribution in [-0.2, 0) is 4.79 Å². The van der Waals surface area contributed by atoms with Gasteiger partial charge in [0.15, 0.2) is 5.82 Å².